The summed E-state index contributed by atoms with van der Waals surface area (Å²) in [6.45, 7) is 6.33. The van der Waals surface area contributed by atoms with Crippen molar-refractivity contribution in [3.05, 3.63) is 0 Å². The Kier molecular flexibility index (Phi) is 7.77. The second kappa shape index (κ2) is 7.91. The van der Waals surface area contributed by atoms with E-state index >= 15 is 0 Å². The van der Waals surface area contributed by atoms with Gasteiger partial charge >= 0.3 is 5.97 Å². The van der Waals surface area contributed by atoms with E-state index in [1.807, 2.05) is 0 Å². The molecule has 2 unspecified atom stereocenters. The van der Waals surface area contributed by atoms with Gasteiger partial charge in [0.2, 0.25) is 0 Å². The fraction of sp³-hybridized carbons (Fsp3) is 0.917. The Morgan fingerprint density at radius 2 is 2.25 bits per heavy atom. The van der Waals surface area contributed by atoms with Gasteiger partial charge in [-0.05, 0) is 31.7 Å². The maximum Gasteiger partial charge on any atom is 0.304 e. The zero-order valence-electron chi connectivity index (χ0n) is 10.3. The lowest BCUT2D eigenvalue weighted by Gasteiger charge is -2.28. The Morgan fingerprint density at radius 3 is 2.81 bits per heavy atom. The van der Waals surface area contributed by atoms with Crippen LogP contribution in [0, 0.1) is 5.92 Å². The highest BCUT2D eigenvalue weighted by Gasteiger charge is 2.28. The van der Waals surface area contributed by atoms with Gasteiger partial charge in [0.05, 0.1) is 6.42 Å². The topological polar surface area (TPSA) is 40.5 Å². The molecule has 1 heterocycles. The van der Waals surface area contributed by atoms with Gasteiger partial charge in [-0.1, -0.05) is 20.3 Å². The lowest BCUT2D eigenvalue weighted by molar-refractivity contribution is -0.137. The van der Waals surface area contributed by atoms with Crippen LogP contribution in [-0.2, 0) is 4.79 Å². The molecule has 1 saturated heterocycles. The zero-order valence-corrected chi connectivity index (χ0v) is 11.1. The molecule has 0 amide bonds. The van der Waals surface area contributed by atoms with Crippen LogP contribution in [0.2, 0.25) is 0 Å². The molecule has 2 atom stereocenters. The highest BCUT2D eigenvalue weighted by Crippen LogP contribution is 2.26. The van der Waals surface area contributed by atoms with E-state index in [0.717, 1.165) is 13.1 Å². The molecule has 3 nitrogen and oxygen atoms in total. The quantitative estimate of drug-likeness (QED) is 0.787. The van der Waals surface area contributed by atoms with Crippen LogP contribution in [-0.4, -0.2) is 35.1 Å². The summed E-state index contributed by atoms with van der Waals surface area (Å²) in [5, 5.41) is 8.68. The number of halogens is 1. The monoisotopic (exact) mass is 249 g/mol. The van der Waals surface area contributed by atoms with Gasteiger partial charge in [0.25, 0.3) is 0 Å². The zero-order chi connectivity index (χ0) is 11.3. The Balaban J connectivity index is 0.00000225. The van der Waals surface area contributed by atoms with Crippen LogP contribution in [0.15, 0.2) is 0 Å². The third kappa shape index (κ3) is 4.71. The van der Waals surface area contributed by atoms with Gasteiger partial charge in [0.1, 0.15) is 0 Å². The van der Waals surface area contributed by atoms with Gasteiger partial charge in [0.15, 0.2) is 0 Å². The van der Waals surface area contributed by atoms with Crippen molar-refractivity contribution in [2.45, 2.75) is 52.0 Å². The van der Waals surface area contributed by atoms with E-state index in [2.05, 4.69) is 18.7 Å². The Morgan fingerprint density at radius 1 is 1.56 bits per heavy atom. The molecule has 1 rings (SSSR count). The van der Waals surface area contributed by atoms with Gasteiger partial charge in [-0.3, -0.25) is 9.69 Å². The number of carboxylic acids is 1. The Hall–Kier alpha value is -0.280. The van der Waals surface area contributed by atoms with Crippen LogP contribution in [0.1, 0.15) is 46.0 Å². The van der Waals surface area contributed by atoms with Gasteiger partial charge in [-0.2, -0.15) is 0 Å². The predicted octanol–water partition coefficient (Wildman–Crippen LogP) is 2.78. The second-order valence-electron chi connectivity index (χ2n) is 4.66. The molecule has 0 bridgehead atoms. The van der Waals surface area contributed by atoms with E-state index < -0.39 is 5.97 Å². The standard InChI is InChI=1S/C12H23NO2.ClH/c1-3-5-10(2)11-6-4-8-13(11)9-7-12(14)15;/h10-11H,3-9H2,1-2H3,(H,14,15);1H. The van der Waals surface area contributed by atoms with Crippen LogP contribution < -0.4 is 0 Å². The number of hydrogen-bond donors (Lipinski definition) is 1. The molecule has 1 N–H and O–H groups in total. The Labute approximate surface area is 105 Å². The van der Waals surface area contributed by atoms with E-state index in [4.69, 9.17) is 5.11 Å². The molecule has 0 aromatic heterocycles. The predicted molar refractivity (Wildman–Crippen MR) is 68.2 cm³/mol. The average molecular weight is 250 g/mol. The molecule has 4 heteroatoms. The van der Waals surface area contributed by atoms with Crippen LogP contribution in [0.3, 0.4) is 0 Å². The minimum atomic E-state index is -0.677. The molecule has 1 aliphatic rings. The van der Waals surface area contributed by atoms with Crippen molar-refractivity contribution in [3.8, 4) is 0 Å². The molecular formula is C12H24ClNO2. The second-order valence-corrected chi connectivity index (χ2v) is 4.66. The Bertz CT molecular complexity index is 211. The summed E-state index contributed by atoms with van der Waals surface area (Å²) >= 11 is 0. The highest BCUT2D eigenvalue weighted by atomic mass is 35.5. The third-order valence-electron chi connectivity index (χ3n) is 3.43. The molecule has 1 aliphatic heterocycles. The first-order chi connectivity index (χ1) is 7.15. The first-order valence-electron chi connectivity index (χ1n) is 6.11. The molecule has 0 aromatic carbocycles. The van der Waals surface area contributed by atoms with Crippen molar-refractivity contribution in [1.29, 1.82) is 0 Å². The molecule has 0 aliphatic carbocycles. The molecule has 0 aromatic rings. The SMILES string of the molecule is CCCC(C)C1CCCN1CCC(=O)O.Cl. The normalized spacial score (nSPS) is 22.8. The van der Waals surface area contributed by atoms with Crippen LogP contribution in [0.25, 0.3) is 0 Å². The third-order valence-corrected chi connectivity index (χ3v) is 3.43. The average Bonchev–Trinajstić information content (AvgIpc) is 2.62. The minimum absolute atomic E-state index is 0. The van der Waals surface area contributed by atoms with E-state index in [1.54, 1.807) is 0 Å². The number of aliphatic carboxylic acids is 1. The highest BCUT2D eigenvalue weighted by molar-refractivity contribution is 5.85. The molecule has 96 valence electrons. The van der Waals surface area contributed by atoms with E-state index in [-0.39, 0.29) is 18.8 Å². The number of nitrogens with zero attached hydrogens (tertiary/aromatic N) is 1. The summed E-state index contributed by atoms with van der Waals surface area (Å²) in [6.07, 6.45) is 5.26. The van der Waals surface area contributed by atoms with Crippen LogP contribution >= 0.6 is 12.4 Å². The van der Waals surface area contributed by atoms with Crippen LogP contribution in [0.5, 0.6) is 0 Å². The summed E-state index contributed by atoms with van der Waals surface area (Å²) in [5.41, 5.74) is 0. The van der Waals surface area contributed by atoms with Crippen molar-refractivity contribution in [2.24, 2.45) is 5.92 Å². The maximum atomic E-state index is 10.5. The first kappa shape index (κ1) is 15.7. The minimum Gasteiger partial charge on any atom is -0.481 e. The molecule has 1 fully saturated rings. The number of likely N-dealkylation sites (tertiary alicyclic amines) is 1. The largest absolute Gasteiger partial charge is 0.481 e. The molecule has 0 radical (unpaired) electrons. The summed E-state index contributed by atoms with van der Waals surface area (Å²) in [7, 11) is 0. The van der Waals surface area contributed by atoms with Crippen molar-refractivity contribution in [1.82, 2.24) is 4.90 Å². The fourth-order valence-electron chi connectivity index (χ4n) is 2.66. The summed E-state index contributed by atoms with van der Waals surface area (Å²) in [5.74, 6) is 0.0371. The van der Waals surface area contributed by atoms with Crippen molar-refractivity contribution < 1.29 is 9.90 Å². The van der Waals surface area contributed by atoms with Crippen molar-refractivity contribution in [3.63, 3.8) is 0 Å². The fourth-order valence-corrected chi connectivity index (χ4v) is 2.66. The lowest BCUT2D eigenvalue weighted by Crippen LogP contribution is -2.35. The molecule has 16 heavy (non-hydrogen) atoms. The van der Waals surface area contributed by atoms with E-state index in [1.165, 1.54) is 25.7 Å². The first-order valence-corrected chi connectivity index (χ1v) is 6.11. The van der Waals surface area contributed by atoms with E-state index in [9.17, 15) is 4.79 Å². The van der Waals surface area contributed by atoms with Gasteiger partial charge < -0.3 is 5.11 Å². The van der Waals surface area contributed by atoms with E-state index in [0.29, 0.717) is 12.0 Å². The summed E-state index contributed by atoms with van der Waals surface area (Å²) < 4.78 is 0. The number of hydrogen-bond acceptors (Lipinski definition) is 2. The summed E-state index contributed by atoms with van der Waals surface area (Å²) in [6, 6.07) is 0.629. The lowest BCUT2D eigenvalue weighted by atomic mass is 9.95. The van der Waals surface area contributed by atoms with Crippen LogP contribution in [0.4, 0.5) is 0 Å². The van der Waals surface area contributed by atoms with Crippen molar-refractivity contribution in [2.75, 3.05) is 13.1 Å². The molecule has 0 saturated carbocycles. The maximum absolute atomic E-state index is 10.5. The van der Waals surface area contributed by atoms with Gasteiger partial charge in [0, 0.05) is 12.6 Å². The number of rotatable bonds is 6. The summed E-state index contributed by atoms with van der Waals surface area (Å²) in [4.78, 5) is 12.9. The van der Waals surface area contributed by atoms with Crippen molar-refractivity contribution >= 4 is 18.4 Å². The number of carbonyl (C=O) groups is 1. The number of carboxylic acid groups (broad SMARTS) is 1. The molecular weight excluding hydrogens is 226 g/mol. The smallest absolute Gasteiger partial charge is 0.304 e. The van der Waals surface area contributed by atoms with Gasteiger partial charge in [-0.15, -0.1) is 12.4 Å². The van der Waals surface area contributed by atoms with Gasteiger partial charge in [-0.25, -0.2) is 0 Å². The molecule has 0 spiro atoms.